The van der Waals surface area contributed by atoms with Crippen LogP contribution >= 0.6 is 27.3 Å². The van der Waals surface area contributed by atoms with E-state index in [-0.39, 0.29) is 6.04 Å². The van der Waals surface area contributed by atoms with Crippen LogP contribution < -0.4 is 10.5 Å². The fourth-order valence-corrected chi connectivity index (χ4v) is 3.38. The van der Waals surface area contributed by atoms with Crippen LogP contribution in [0, 0.1) is 6.92 Å². The molecule has 0 fully saturated rings. The van der Waals surface area contributed by atoms with E-state index < -0.39 is 0 Å². The van der Waals surface area contributed by atoms with E-state index in [2.05, 4.69) is 39.7 Å². The number of benzene rings is 1. The number of hydrogen-bond acceptors (Lipinski definition) is 3. The van der Waals surface area contributed by atoms with Gasteiger partial charge >= 0.3 is 0 Å². The molecule has 96 valence electrons. The summed E-state index contributed by atoms with van der Waals surface area (Å²) < 4.78 is 6.80. The Kier molecular flexibility index (Phi) is 4.80. The molecule has 1 atom stereocenters. The topological polar surface area (TPSA) is 35.2 Å². The van der Waals surface area contributed by atoms with Gasteiger partial charge in [0.25, 0.3) is 0 Å². The summed E-state index contributed by atoms with van der Waals surface area (Å²) in [5.41, 5.74) is 8.50. The van der Waals surface area contributed by atoms with Gasteiger partial charge in [-0.1, -0.05) is 12.1 Å². The van der Waals surface area contributed by atoms with E-state index in [1.807, 2.05) is 18.2 Å². The minimum absolute atomic E-state index is 0.0236. The smallest absolute Gasteiger partial charge is 0.119 e. The molecule has 2 aromatic rings. The maximum atomic E-state index is 6.13. The van der Waals surface area contributed by atoms with Crippen LogP contribution in [0.15, 0.2) is 39.5 Å². The minimum atomic E-state index is 0.0236. The average Bonchev–Trinajstić information content (AvgIpc) is 2.75. The Balaban J connectivity index is 1.84. The molecule has 0 saturated carbocycles. The van der Waals surface area contributed by atoms with Crippen molar-refractivity contribution in [2.75, 3.05) is 6.61 Å². The van der Waals surface area contributed by atoms with Crippen LogP contribution in [0.25, 0.3) is 0 Å². The second kappa shape index (κ2) is 6.36. The van der Waals surface area contributed by atoms with Gasteiger partial charge in [-0.05, 0) is 51.5 Å². The molecule has 2 rings (SSSR count). The Morgan fingerprint density at radius 2 is 2.22 bits per heavy atom. The fraction of sp³-hybridized carbons (Fsp3) is 0.286. The molecule has 0 aliphatic rings. The Hall–Kier alpha value is -0.840. The Morgan fingerprint density at radius 1 is 1.39 bits per heavy atom. The van der Waals surface area contributed by atoms with Gasteiger partial charge in [-0.25, -0.2) is 0 Å². The summed E-state index contributed by atoms with van der Waals surface area (Å²) in [7, 11) is 0. The molecule has 1 aromatic heterocycles. The molecule has 1 heterocycles. The lowest BCUT2D eigenvalue weighted by atomic mass is 10.1. The number of nitrogens with two attached hydrogens (primary N) is 1. The first-order valence-electron chi connectivity index (χ1n) is 5.83. The van der Waals surface area contributed by atoms with E-state index in [0.29, 0.717) is 6.61 Å². The molecule has 4 heteroatoms. The molecule has 2 nitrogen and oxygen atoms in total. The molecule has 0 aliphatic heterocycles. The van der Waals surface area contributed by atoms with Crippen LogP contribution in [0.3, 0.4) is 0 Å². The summed E-state index contributed by atoms with van der Waals surface area (Å²) in [6.45, 7) is 2.69. The summed E-state index contributed by atoms with van der Waals surface area (Å²) >= 11 is 5.16. The summed E-state index contributed by atoms with van der Waals surface area (Å²) in [6, 6.07) is 8.09. The molecule has 18 heavy (non-hydrogen) atoms. The van der Waals surface area contributed by atoms with E-state index in [4.69, 9.17) is 10.5 Å². The van der Waals surface area contributed by atoms with Crippen molar-refractivity contribution in [1.29, 1.82) is 0 Å². The minimum Gasteiger partial charge on any atom is -0.494 e. The lowest BCUT2D eigenvalue weighted by molar-refractivity contribution is 0.298. The predicted octanol–water partition coefficient (Wildman–Crippen LogP) is 4.29. The average molecular weight is 326 g/mol. The van der Waals surface area contributed by atoms with Crippen LogP contribution in [0.2, 0.25) is 0 Å². The Labute approximate surface area is 120 Å². The van der Waals surface area contributed by atoms with Crippen molar-refractivity contribution in [2.45, 2.75) is 19.4 Å². The van der Waals surface area contributed by atoms with Crippen LogP contribution in [-0.2, 0) is 0 Å². The van der Waals surface area contributed by atoms with Gasteiger partial charge in [-0.3, -0.25) is 0 Å². The second-order valence-corrected chi connectivity index (χ2v) is 5.83. The van der Waals surface area contributed by atoms with Gasteiger partial charge in [0.1, 0.15) is 5.75 Å². The zero-order chi connectivity index (χ0) is 13.0. The molecule has 1 aromatic carbocycles. The number of ether oxygens (including phenoxy) is 1. The SMILES string of the molecule is Cc1cccc(OCCC(N)c2cscc2Br)c1. The summed E-state index contributed by atoms with van der Waals surface area (Å²) in [5, 5.41) is 4.14. The molecule has 0 spiro atoms. The zero-order valence-corrected chi connectivity index (χ0v) is 12.6. The van der Waals surface area contributed by atoms with E-state index in [0.717, 1.165) is 22.2 Å². The highest BCUT2D eigenvalue weighted by atomic mass is 79.9. The van der Waals surface area contributed by atoms with Crippen LogP contribution in [0.4, 0.5) is 0 Å². The molecular formula is C14H16BrNOS. The molecule has 2 N–H and O–H groups in total. The van der Waals surface area contributed by atoms with E-state index in [9.17, 15) is 0 Å². The molecular weight excluding hydrogens is 310 g/mol. The normalized spacial score (nSPS) is 12.4. The monoisotopic (exact) mass is 325 g/mol. The molecule has 0 saturated heterocycles. The van der Waals surface area contributed by atoms with Gasteiger partial charge in [-0.15, -0.1) is 0 Å². The second-order valence-electron chi connectivity index (χ2n) is 4.24. The molecule has 0 bridgehead atoms. The third-order valence-electron chi connectivity index (χ3n) is 2.73. The van der Waals surface area contributed by atoms with Crippen LogP contribution in [0.1, 0.15) is 23.6 Å². The van der Waals surface area contributed by atoms with Gasteiger partial charge in [0, 0.05) is 22.3 Å². The van der Waals surface area contributed by atoms with Crippen molar-refractivity contribution in [3.05, 3.63) is 50.6 Å². The van der Waals surface area contributed by atoms with Gasteiger partial charge in [0.15, 0.2) is 0 Å². The maximum Gasteiger partial charge on any atom is 0.119 e. The van der Waals surface area contributed by atoms with Crippen molar-refractivity contribution in [3.8, 4) is 5.75 Å². The van der Waals surface area contributed by atoms with Crippen LogP contribution in [-0.4, -0.2) is 6.61 Å². The summed E-state index contributed by atoms with van der Waals surface area (Å²) in [6.07, 6.45) is 0.809. The molecule has 0 aliphatic carbocycles. The highest BCUT2D eigenvalue weighted by molar-refractivity contribution is 9.10. The molecule has 1 unspecified atom stereocenters. The molecule has 0 amide bonds. The zero-order valence-electron chi connectivity index (χ0n) is 10.2. The van der Waals surface area contributed by atoms with E-state index in [1.54, 1.807) is 11.3 Å². The quantitative estimate of drug-likeness (QED) is 0.890. The third kappa shape index (κ3) is 3.57. The number of aryl methyl sites for hydroxylation is 1. The summed E-state index contributed by atoms with van der Waals surface area (Å²) in [5.74, 6) is 0.909. The largest absolute Gasteiger partial charge is 0.494 e. The maximum absolute atomic E-state index is 6.13. The fourth-order valence-electron chi connectivity index (χ4n) is 1.72. The van der Waals surface area contributed by atoms with Gasteiger partial charge in [0.2, 0.25) is 0 Å². The highest BCUT2D eigenvalue weighted by Crippen LogP contribution is 2.27. The number of rotatable bonds is 5. The van der Waals surface area contributed by atoms with Crippen molar-refractivity contribution in [1.82, 2.24) is 0 Å². The van der Waals surface area contributed by atoms with Crippen molar-refractivity contribution >= 4 is 27.3 Å². The Morgan fingerprint density at radius 3 is 2.89 bits per heavy atom. The van der Waals surface area contributed by atoms with Gasteiger partial charge in [-0.2, -0.15) is 11.3 Å². The van der Waals surface area contributed by atoms with E-state index in [1.165, 1.54) is 5.56 Å². The van der Waals surface area contributed by atoms with Gasteiger partial charge < -0.3 is 10.5 Å². The predicted molar refractivity (Wildman–Crippen MR) is 80.2 cm³/mol. The first-order valence-corrected chi connectivity index (χ1v) is 7.57. The lowest BCUT2D eigenvalue weighted by Crippen LogP contribution is -2.14. The number of halogens is 1. The highest BCUT2D eigenvalue weighted by Gasteiger charge is 2.10. The molecule has 0 radical (unpaired) electrons. The first kappa shape index (κ1) is 13.6. The van der Waals surface area contributed by atoms with Crippen molar-refractivity contribution in [3.63, 3.8) is 0 Å². The lowest BCUT2D eigenvalue weighted by Gasteiger charge is -2.12. The van der Waals surface area contributed by atoms with Crippen molar-refractivity contribution < 1.29 is 4.74 Å². The standard InChI is InChI=1S/C14H16BrNOS/c1-10-3-2-4-11(7-10)17-6-5-14(16)12-8-18-9-13(12)15/h2-4,7-9,14H,5-6,16H2,1H3. The van der Waals surface area contributed by atoms with Crippen LogP contribution in [0.5, 0.6) is 5.75 Å². The van der Waals surface area contributed by atoms with E-state index >= 15 is 0 Å². The van der Waals surface area contributed by atoms with Gasteiger partial charge in [0.05, 0.1) is 6.61 Å². The first-order chi connectivity index (χ1) is 8.66. The number of hydrogen-bond donors (Lipinski definition) is 1. The van der Waals surface area contributed by atoms with Crippen molar-refractivity contribution in [2.24, 2.45) is 5.73 Å². The third-order valence-corrected chi connectivity index (χ3v) is 4.48. The Bertz CT molecular complexity index is 512. The number of thiophene rings is 1. The summed E-state index contributed by atoms with van der Waals surface area (Å²) in [4.78, 5) is 0.